The average Bonchev–Trinajstić information content (AvgIpc) is 2.76. The Hall–Kier alpha value is -3.35. The van der Waals surface area contributed by atoms with E-state index in [0.29, 0.717) is 23.2 Å². The molecule has 164 valence electrons. The lowest BCUT2D eigenvalue weighted by atomic mass is 9.95. The van der Waals surface area contributed by atoms with E-state index in [2.05, 4.69) is 15.3 Å². The maximum Gasteiger partial charge on any atom is 0.253 e. The second-order valence-electron chi connectivity index (χ2n) is 8.16. The first-order valence-electron chi connectivity index (χ1n) is 10.7. The quantitative estimate of drug-likeness (QED) is 0.554. The molecule has 0 aliphatic heterocycles. The molecule has 0 radical (unpaired) electrons. The van der Waals surface area contributed by atoms with Crippen LogP contribution in [-0.4, -0.2) is 36.0 Å². The van der Waals surface area contributed by atoms with Crippen molar-refractivity contribution in [2.75, 3.05) is 30.5 Å². The van der Waals surface area contributed by atoms with Crippen LogP contribution in [0.2, 0.25) is 0 Å². The third-order valence-corrected chi connectivity index (χ3v) is 5.53. The standard InChI is InChI=1S/C14H20N2O.C10H12N4/c1-10-6-5-9-12(13(10)15)14(17)16-11-7-3-2-4-8-11;1-14(2)9-7-5-3-4-6-8(7)12-10(11)13-9/h5-6,9,11H,2-4,7-8,15H2,1H3,(H,16,17);3-6H,1-2H3,(H2,11,12,13). The third-order valence-electron chi connectivity index (χ3n) is 5.53. The predicted molar refractivity (Wildman–Crippen MR) is 128 cm³/mol. The Morgan fingerprint density at radius 2 is 1.71 bits per heavy atom. The fraction of sp³-hybridized carbons (Fsp3) is 0.375. The minimum Gasteiger partial charge on any atom is -0.398 e. The Labute approximate surface area is 183 Å². The monoisotopic (exact) mass is 420 g/mol. The highest BCUT2D eigenvalue weighted by atomic mass is 16.1. The predicted octanol–water partition coefficient (Wildman–Crippen LogP) is 3.92. The highest BCUT2D eigenvalue weighted by Gasteiger charge is 2.18. The number of hydrogen-bond donors (Lipinski definition) is 3. The summed E-state index contributed by atoms with van der Waals surface area (Å²) in [6.45, 7) is 1.92. The highest BCUT2D eigenvalue weighted by molar-refractivity contribution is 5.99. The fourth-order valence-electron chi connectivity index (χ4n) is 3.81. The van der Waals surface area contributed by atoms with Gasteiger partial charge in [-0.1, -0.05) is 43.5 Å². The third kappa shape index (κ3) is 5.63. The van der Waals surface area contributed by atoms with E-state index in [1.54, 1.807) is 6.07 Å². The summed E-state index contributed by atoms with van der Waals surface area (Å²) in [5.74, 6) is 1.14. The maximum atomic E-state index is 12.1. The molecule has 0 bridgehead atoms. The van der Waals surface area contributed by atoms with Crippen molar-refractivity contribution in [3.63, 3.8) is 0 Å². The molecule has 1 aliphatic carbocycles. The number of nitrogens with two attached hydrogens (primary N) is 2. The number of aromatic nitrogens is 2. The second-order valence-corrected chi connectivity index (χ2v) is 8.16. The van der Waals surface area contributed by atoms with E-state index in [9.17, 15) is 4.79 Å². The van der Waals surface area contributed by atoms with Gasteiger partial charge in [0.1, 0.15) is 5.82 Å². The molecule has 1 heterocycles. The van der Waals surface area contributed by atoms with E-state index in [4.69, 9.17) is 11.5 Å². The topological polar surface area (TPSA) is 110 Å². The number of anilines is 3. The summed E-state index contributed by atoms with van der Waals surface area (Å²) in [4.78, 5) is 22.4. The van der Waals surface area contributed by atoms with E-state index >= 15 is 0 Å². The summed E-state index contributed by atoms with van der Waals surface area (Å²) in [6, 6.07) is 13.7. The number of nitrogen functional groups attached to an aromatic ring is 2. The van der Waals surface area contributed by atoms with Gasteiger partial charge in [-0.25, -0.2) is 4.98 Å². The molecule has 7 heteroatoms. The first-order valence-corrected chi connectivity index (χ1v) is 10.7. The van der Waals surface area contributed by atoms with Gasteiger partial charge >= 0.3 is 0 Å². The summed E-state index contributed by atoms with van der Waals surface area (Å²) in [6.07, 6.45) is 5.91. The molecule has 1 aliphatic rings. The van der Waals surface area contributed by atoms with Gasteiger partial charge in [0, 0.05) is 31.2 Å². The van der Waals surface area contributed by atoms with Crippen LogP contribution in [0.15, 0.2) is 42.5 Å². The van der Waals surface area contributed by atoms with E-state index in [1.165, 1.54) is 19.3 Å². The normalized spacial score (nSPS) is 13.9. The smallest absolute Gasteiger partial charge is 0.253 e. The van der Waals surface area contributed by atoms with Crippen molar-refractivity contribution in [2.24, 2.45) is 0 Å². The van der Waals surface area contributed by atoms with Gasteiger partial charge in [0.15, 0.2) is 0 Å². The van der Waals surface area contributed by atoms with E-state index < -0.39 is 0 Å². The SMILES string of the molecule is CN(C)c1nc(N)nc2ccccc12.Cc1cccc(C(=O)NC2CCCCC2)c1N. The summed E-state index contributed by atoms with van der Waals surface area (Å²) in [5.41, 5.74) is 14.6. The van der Waals surface area contributed by atoms with Crippen molar-refractivity contribution in [3.8, 4) is 0 Å². The first kappa shape index (κ1) is 22.3. The van der Waals surface area contributed by atoms with Crippen LogP contribution in [0.5, 0.6) is 0 Å². The first-order chi connectivity index (χ1) is 14.9. The lowest BCUT2D eigenvalue weighted by Crippen LogP contribution is -2.36. The van der Waals surface area contributed by atoms with Gasteiger partial charge in [0.05, 0.1) is 11.1 Å². The van der Waals surface area contributed by atoms with Crippen LogP contribution < -0.4 is 21.7 Å². The number of para-hydroxylation sites is 2. The van der Waals surface area contributed by atoms with Gasteiger partial charge in [-0.3, -0.25) is 4.79 Å². The van der Waals surface area contributed by atoms with Crippen LogP contribution in [0.4, 0.5) is 17.5 Å². The lowest BCUT2D eigenvalue weighted by molar-refractivity contribution is 0.0928. The molecule has 2 aromatic carbocycles. The second kappa shape index (κ2) is 10.1. The molecule has 0 atom stereocenters. The molecular formula is C24H32N6O. The summed E-state index contributed by atoms with van der Waals surface area (Å²) in [7, 11) is 3.88. The van der Waals surface area contributed by atoms with Gasteiger partial charge in [-0.2, -0.15) is 4.98 Å². The minimum atomic E-state index is -0.0295. The molecule has 0 unspecified atom stereocenters. The Morgan fingerprint density at radius 3 is 2.42 bits per heavy atom. The summed E-state index contributed by atoms with van der Waals surface area (Å²) in [5, 5.41) is 4.10. The number of aryl methyl sites for hydroxylation is 1. The van der Waals surface area contributed by atoms with Crippen molar-refractivity contribution in [1.29, 1.82) is 0 Å². The number of carbonyl (C=O) groups excluding carboxylic acids is 1. The van der Waals surface area contributed by atoms with Crippen LogP contribution >= 0.6 is 0 Å². The largest absolute Gasteiger partial charge is 0.398 e. The zero-order valence-electron chi connectivity index (χ0n) is 18.6. The molecule has 1 fully saturated rings. The Morgan fingerprint density at radius 1 is 1.00 bits per heavy atom. The number of benzene rings is 2. The van der Waals surface area contributed by atoms with Gasteiger partial charge in [-0.05, 0) is 43.5 Å². The number of fused-ring (bicyclic) bond motifs is 1. The van der Waals surface area contributed by atoms with Gasteiger partial charge < -0.3 is 21.7 Å². The molecular weight excluding hydrogens is 388 g/mol. The van der Waals surface area contributed by atoms with Crippen molar-refractivity contribution in [2.45, 2.75) is 45.1 Å². The molecule has 3 aromatic rings. The average molecular weight is 421 g/mol. The Bertz CT molecular complexity index is 1040. The molecule has 4 rings (SSSR count). The van der Waals surface area contributed by atoms with Crippen molar-refractivity contribution < 1.29 is 4.79 Å². The molecule has 1 aromatic heterocycles. The molecule has 0 spiro atoms. The van der Waals surface area contributed by atoms with Crippen LogP contribution in [-0.2, 0) is 0 Å². The number of rotatable bonds is 3. The Balaban J connectivity index is 0.000000179. The molecule has 1 amide bonds. The molecule has 5 N–H and O–H groups in total. The van der Waals surface area contributed by atoms with Gasteiger partial charge in [0.25, 0.3) is 5.91 Å². The number of carbonyl (C=O) groups is 1. The van der Waals surface area contributed by atoms with E-state index in [1.807, 2.05) is 62.3 Å². The highest BCUT2D eigenvalue weighted by Crippen LogP contribution is 2.22. The number of nitrogens with zero attached hydrogens (tertiary/aromatic N) is 3. The van der Waals surface area contributed by atoms with Crippen LogP contribution in [0.1, 0.15) is 48.0 Å². The van der Waals surface area contributed by atoms with E-state index in [0.717, 1.165) is 35.1 Å². The van der Waals surface area contributed by atoms with Crippen LogP contribution in [0.3, 0.4) is 0 Å². The van der Waals surface area contributed by atoms with Crippen molar-refractivity contribution in [1.82, 2.24) is 15.3 Å². The van der Waals surface area contributed by atoms with Gasteiger partial charge in [0.2, 0.25) is 5.95 Å². The number of nitrogens with one attached hydrogen (secondary N) is 1. The van der Waals surface area contributed by atoms with Crippen molar-refractivity contribution in [3.05, 3.63) is 53.6 Å². The fourth-order valence-corrected chi connectivity index (χ4v) is 3.81. The number of amides is 1. The molecule has 31 heavy (non-hydrogen) atoms. The van der Waals surface area contributed by atoms with Crippen molar-refractivity contribution >= 4 is 34.3 Å². The van der Waals surface area contributed by atoms with Crippen LogP contribution in [0, 0.1) is 6.92 Å². The van der Waals surface area contributed by atoms with Gasteiger partial charge in [-0.15, -0.1) is 0 Å². The number of hydrogen-bond acceptors (Lipinski definition) is 6. The van der Waals surface area contributed by atoms with Crippen LogP contribution in [0.25, 0.3) is 10.9 Å². The maximum absolute atomic E-state index is 12.1. The molecule has 1 saturated carbocycles. The Kier molecular flexibility index (Phi) is 7.28. The zero-order chi connectivity index (χ0) is 22.4. The summed E-state index contributed by atoms with van der Waals surface area (Å²) >= 11 is 0. The summed E-state index contributed by atoms with van der Waals surface area (Å²) < 4.78 is 0. The molecule has 7 nitrogen and oxygen atoms in total. The van der Waals surface area contributed by atoms with E-state index in [-0.39, 0.29) is 5.91 Å². The molecule has 0 saturated heterocycles. The minimum absolute atomic E-state index is 0.0295. The zero-order valence-corrected chi connectivity index (χ0v) is 18.6. The lowest BCUT2D eigenvalue weighted by Gasteiger charge is -2.23.